The molecule has 0 aliphatic heterocycles. The lowest BCUT2D eigenvalue weighted by molar-refractivity contribution is 0.881. The summed E-state index contributed by atoms with van der Waals surface area (Å²) in [6.07, 6.45) is 3.17. The lowest BCUT2D eigenvalue weighted by atomic mass is 10.1. The number of nitriles is 1. The standard InChI is InChI=1S/C10H7N5/c11-7-1-2-8-3-5-9(6-4-8)10-12-14-15-13-10/h1-6H,(H,12,13,14,15). The highest BCUT2D eigenvalue weighted by atomic mass is 15.5. The van der Waals surface area contributed by atoms with Crippen LogP contribution in [0.2, 0.25) is 0 Å². The van der Waals surface area contributed by atoms with Gasteiger partial charge >= 0.3 is 0 Å². The molecule has 2 aromatic rings. The van der Waals surface area contributed by atoms with Crippen molar-refractivity contribution >= 4 is 6.08 Å². The summed E-state index contributed by atoms with van der Waals surface area (Å²) in [5, 5.41) is 22.0. The Bertz CT molecular complexity index is 490. The predicted octanol–water partition coefficient (Wildman–Crippen LogP) is 1.40. The zero-order valence-corrected chi connectivity index (χ0v) is 7.75. The summed E-state index contributed by atoms with van der Waals surface area (Å²) in [6.45, 7) is 0. The molecule has 0 aliphatic carbocycles. The van der Waals surface area contributed by atoms with E-state index in [9.17, 15) is 0 Å². The van der Waals surface area contributed by atoms with Crippen molar-refractivity contribution in [1.82, 2.24) is 20.6 Å². The van der Waals surface area contributed by atoms with Crippen LogP contribution in [0.15, 0.2) is 30.3 Å². The summed E-state index contributed by atoms with van der Waals surface area (Å²) in [4.78, 5) is 0. The molecule has 0 atom stereocenters. The Kier molecular flexibility index (Phi) is 2.52. The number of hydrogen-bond donors (Lipinski definition) is 1. The highest BCUT2D eigenvalue weighted by Crippen LogP contribution is 2.14. The predicted molar refractivity (Wildman–Crippen MR) is 54.3 cm³/mol. The zero-order valence-electron chi connectivity index (χ0n) is 7.75. The van der Waals surface area contributed by atoms with E-state index in [0.29, 0.717) is 5.82 Å². The van der Waals surface area contributed by atoms with Crippen molar-refractivity contribution in [3.05, 3.63) is 35.9 Å². The summed E-state index contributed by atoms with van der Waals surface area (Å²) < 4.78 is 0. The number of hydrogen-bond acceptors (Lipinski definition) is 4. The van der Waals surface area contributed by atoms with Gasteiger partial charge in [-0.1, -0.05) is 24.3 Å². The van der Waals surface area contributed by atoms with E-state index >= 15 is 0 Å². The molecule has 0 saturated heterocycles. The molecule has 0 amide bonds. The third-order valence-corrected chi connectivity index (χ3v) is 1.86. The number of nitrogens with one attached hydrogen (secondary N) is 1. The van der Waals surface area contributed by atoms with Crippen molar-refractivity contribution in [2.75, 3.05) is 0 Å². The van der Waals surface area contributed by atoms with Crippen molar-refractivity contribution in [3.8, 4) is 17.5 Å². The maximum absolute atomic E-state index is 8.36. The highest BCUT2D eigenvalue weighted by molar-refractivity contribution is 5.59. The summed E-state index contributed by atoms with van der Waals surface area (Å²) >= 11 is 0. The third kappa shape index (κ3) is 2.06. The third-order valence-electron chi connectivity index (χ3n) is 1.86. The van der Waals surface area contributed by atoms with Gasteiger partial charge in [0.25, 0.3) is 0 Å². The Morgan fingerprint density at radius 2 is 2.07 bits per heavy atom. The fourth-order valence-corrected chi connectivity index (χ4v) is 1.16. The van der Waals surface area contributed by atoms with Gasteiger partial charge in [-0.25, -0.2) is 0 Å². The maximum atomic E-state index is 8.36. The average molecular weight is 197 g/mol. The van der Waals surface area contributed by atoms with Crippen LogP contribution in [0.1, 0.15) is 5.56 Å². The molecule has 0 fully saturated rings. The fraction of sp³-hybridized carbons (Fsp3) is 0. The first kappa shape index (κ1) is 9.09. The number of nitrogens with zero attached hydrogens (tertiary/aromatic N) is 4. The van der Waals surface area contributed by atoms with E-state index in [-0.39, 0.29) is 0 Å². The molecule has 1 heterocycles. The Labute approximate surface area is 86.1 Å². The summed E-state index contributed by atoms with van der Waals surface area (Å²) in [5.41, 5.74) is 1.85. The van der Waals surface area contributed by atoms with Crippen LogP contribution in [-0.2, 0) is 0 Å². The van der Waals surface area contributed by atoms with Crippen LogP contribution in [0.3, 0.4) is 0 Å². The molecule has 1 aromatic heterocycles. The first-order valence-electron chi connectivity index (χ1n) is 4.30. The number of H-pyrrole nitrogens is 1. The second-order valence-corrected chi connectivity index (χ2v) is 2.82. The number of benzene rings is 1. The normalized spacial score (nSPS) is 10.3. The number of aromatic nitrogens is 4. The molecule has 0 saturated carbocycles. The molecule has 0 spiro atoms. The lowest BCUT2D eigenvalue weighted by Crippen LogP contribution is -1.81. The first-order chi connectivity index (χ1) is 7.40. The average Bonchev–Trinajstić information content (AvgIpc) is 2.80. The van der Waals surface area contributed by atoms with Crippen LogP contribution in [0.5, 0.6) is 0 Å². The van der Waals surface area contributed by atoms with Crippen molar-refractivity contribution in [3.63, 3.8) is 0 Å². The summed E-state index contributed by atoms with van der Waals surface area (Å²) in [6, 6.07) is 9.47. The van der Waals surface area contributed by atoms with Gasteiger partial charge in [-0.2, -0.15) is 10.5 Å². The van der Waals surface area contributed by atoms with Crippen LogP contribution < -0.4 is 0 Å². The second kappa shape index (κ2) is 4.15. The van der Waals surface area contributed by atoms with Crippen molar-refractivity contribution < 1.29 is 0 Å². The first-order valence-corrected chi connectivity index (χ1v) is 4.30. The Morgan fingerprint density at radius 3 is 2.67 bits per heavy atom. The van der Waals surface area contributed by atoms with Crippen LogP contribution in [0.25, 0.3) is 17.5 Å². The zero-order chi connectivity index (χ0) is 10.5. The lowest BCUT2D eigenvalue weighted by Gasteiger charge is -1.95. The molecule has 0 bridgehead atoms. The topological polar surface area (TPSA) is 78.2 Å². The smallest absolute Gasteiger partial charge is 0.193 e. The highest BCUT2D eigenvalue weighted by Gasteiger charge is 2.00. The molecule has 0 radical (unpaired) electrons. The maximum Gasteiger partial charge on any atom is 0.204 e. The van der Waals surface area contributed by atoms with Gasteiger partial charge < -0.3 is 0 Å². The molecule has 5 heteroatoms. The van der Waals surface area contributed by atoms with Gasteiger partial charge in [-0.15, -0.1) is 10.2 Å². The monoisotopic (exact) mass is 197 g/mol. The molecule has 0 unspecified atom stereocenters. The van der Waals surface area contributed by atoms with Gasteiger partial charge in [-0.05, 0) is 16.9 Å². The molecule has 15 heavy (non-hydrogen) atoms. The van der Waals surface area contributed by atoms with E-state index in [4.69, 9.17) is 5.26 Å². The molecular weight excluding hydrogens is 190 g/mol. The Balaban J connectivity index is 2.26. The largest absolute Gasteiger partial charge is 0.204 e. The van der Waals surface area contributed by atoms with E-state index in [1.165, 1.54) is 6.08 Å². The van der Waals surface area contributed by atoms with Crippen LogP contribution in [0, 0.1) is 11.3 Å². The molecule has 1 N–H and O–H groups in total. The minimum atomic E-state index is 0.561. The van der Waals surface area contributed by atoms with Gasteiger partial charge in [0.15, 0.2) is 0 Å². The van der Waals surface area contributed by atoms with Crippen LogP contribution in [-0.4, -0.2) is 20.6 Å². The minimum absolute atomic E-state index is 0.561. The van der Waals surface area contributed by atoms with Crippen molar-refractivity contribution in [2.45, 2.75) is 0 Å². The number of tetrazole rings is 1. The van der Waals surface area contributed by atoms with Gasteiger partial charge in [0.2, 0.25) is 5.82 Å². The van der Waals surface area contributed by atoms with Crippen molar-refractivity contribution in [2.24, 2.45) is 0 Å². The second-order valence-electron chi connectivity index (χ2n) is 2.82. The van der Waals surface area contributed by atoms with Crippen LogP contribution >= 0.6 is 0 Å². The number of rotatable bonds is 2. The number of aromatic amines is 1. The molecule has 5 nitrogen and oxygen atoms in total. The van der Waals surface area contributed by atoms with Gasteiger partial charge in [-0.3, -0.25) is 0 Å². The Hall–Kier alpha value is -2.48. The fourth-order valence-electron chi connectivity index (χ4n) is 1.16. The molecular formula is C10H7N5. The van der Waals surface area contributed by atoms with Gasteiger partial charge in [0.1, 0.15) is 0 Å². The molecule has 72 valence electrons. The van der Waals surface area contributed by atoms with E-state index < -0.39 is 0 Å². The summed E-state index contributed by atoms with van der Waals surface area (Å²) in [5.74, 6) is 0.561. The molecule has 2 rings (SSSR count). The minimum Gasteiger partial charge on any atom is -0.193 e. The van der Waals surface area contributed by atoms with E-state index in [0.717, 1.165) is 11.1 Å². The van der Waals surface area contributed by atoms with Gasteiger partial charge in [0, 0.05) is 11.6 Å². The SMILES string of the molecule is N#CC=Cc1ccc(-c2nn[nH]n2)cc1. The molecule has 0 aliphatic rings. The van der Waals surface area contributed by atoms with Crippen molar-refractivity contribution in [1.29, 1.82) is 5.26 Å². The van der Waals surface area contributed by atoms with Crippen LogP contribution in [0.4, 0.5) is 0 Å². The summed E-state index contributed by atoms with van der Waals surface area (Å²) in [7, 11) is 0. The molecule has 1 aromatic carbocycles. The van der Waals surface area contributed by atoms with E-state index in [1.54, 1.807) is 6.08 Å². The quantitative estimate of drug-likeness (QED) is 0.738. The number of allylic oxidation sites excluding steroid dienone is 1. The Morgan fingerprint density at radius 1 is 1.27 bits per heavy atom. The van der Waals surface area contributed by atoms with Gasteiger partial charge in [0.05, 0.1) is 6.07 Å². The van der Waals surface area contributed by atoms with E-state index in [1.807, 2.05) is 30.3 Å². The van der Waals surface area contributed by atoms with E-state index in [2.05, 4.69) is 20.6 Å².